The average Bonchev–Trinajstić information content (AvgIpc) is 2.68. The summed E-state index contributed by atoms with van der Waals surface area (Å²) in [4.78, 5) is 35.2. The SMILES string of the molecule is COc1cc(=O)n(-c2ccccc2)nc1C(=O)Nc1cccc([N+](=O)[O-])c1. The Bertz CT molecular complexity index is 1060. The molecule has 3 aromatic rings. The van der Waals surface area contributed by atoms with E-state index in [0.29, 0.717) is 5.69 Å². The summed E-state index contributed by atoms with van der Waals surface area (Å²) < 4.78 is 6.17. The second-order valence-electron chi connectivity index (χ2n) is 5.41. The van der Waals surface area contributed by atoms with Crippen LogP contribution in [0.2, 0.25) is 0 Å². The lowest BCUT2D eigenvalue weighted by atomic mass is 10.2. The van der Waals surface area contributed by atoms with Gasteiger partial charge in [0, 0.05) is 17.8 Å². The number of nitro groups is 1. The first-order valence-corrected chi connectivity index (χ1v) is 7.79. The quantitative estimate of drug-likeness (QED) is 0.547. The molecular weight excluding hydrogens is 352 g/mol. The van der Waals surface area contributed by atoms with Gasteiger partial charge in [-0.1, -0.05) is 24.3 Å². The number of hydrogen-bond acceptors (Lipinski definition) is 6. The second kappa shape index (κ2) is 7.48. The van der Waals surface area contributed by atoms with Gasteiger partial charge in [-0.05, 0) is 18.2 Å². The van der Waals surface area contributed by atoms with E-state index in [1.807, 2.05) is 0 Å². The van der Waals surface area contributed by atoms with E-state index in [0.717, 1.165) is 10.7 Å². The van der Waals surface area contributed by atoms with Gasteiger partial charge in [-0.15, -0.1) is 0 Å². The van der Waals surface area contributed by atoms with Gasteiger partial charge >= 0.3 is 0 Å². The van der Waals surface area contributed by atoms with E-state index in [1.54, 1.807) is 30.3 Å². The number of aromatic nitrogens is 2. The molecular formula is C18H14N4O5. The zero-order valence-corrected chi connectivity index (χ0v) is 14.2. The number of benzene rings is 2. The standard InChI is InChI=1S/C18H14N4O5/c1-27-15-11-16(23)21(13-7-3-2-4-8-13)20-17(15)18(24)19-12-6-5-9-14(10-12)22(25)26/h2-11H,1H3,(H,19,24). The Balaban J connectivity index is 2.00. The topological polar surface area (TPSA) is 116 Å². The van der Waals surface area contributed by atoms with Crippen LogP contribution in [0.3, 0.4) is 0 Å². The number of nitrogens with one attached hydrogen (secondary N) is 1. The number of nitro benzene ring substituents is 1. The molecule has 0 aliphatic rings. The number of rotatable bonds is 5. The molecule has 0 atom stereocenters. The van der Waals surface area contributed by atoms with E-state index < -0.39 is 16.4 Å². The van der Waals surface area contributed by atoms with Crippen LogP contribution >= 0.6 is 0 Å². The maximum absolute atomic E-state index is 12.6. The molecule has 0 spiro atoms. The third-order valence-corrected chi connectivity index (χ3v) is 3.65. The summed E-state index contributed by atoms with van der Waals surface area (Å²) in [5, 5.41) is 17.5. The van der Waals surface area contributed by atoms with Crippen LogP contribution in [0, 0.1) is 10.1 Å². The van der Waals surface area contributed by atoms with Crippen molar-refractivity contribution < 1.29 is 14.5 Å². The van der Waals surface area contributed by atoms with Crippen molar-refractivity contribution >= 4 is 17.3 Å². The molecule has 0 bridgehead atoms. The molecule has 27 heavy (non-hydrogen) atoms. The monoisotopic (exact) mass is 366 g/mol. The van der Waals surface area contributed by atoms with Gasteiger partial charge in [-0.2, -0.15) is 9.78 Å². The summed E-state index contributed by atoms with van der Waals surface area (Å²) in [6.45, 7) is 0. The van der Waals surface area contributed by atoms with Crippen molar-refractivity contribution in [1.82, 2.24) is 9.78 Å². The molecule has 0 saturated carbocycles. The summed E-state index contributed by atoms with van der Waals surface area (Å²) in [6.07, 6.45) is 0. The predicted molar refractivity (Wildman–Crippen MR) is 97.4 cm³/mol. The molecule has 1 amide bonds. The van der Waals surface area contributed by atoms with E-state index >= 15 is 0 Å². The highest BCUT2D eigenvalue weighted by molar-refractivity contribution is 6.04. The number of anilines is 1. The molecule has 9 heteroatoms. The molecule has 1 heterocycles. The van der Waals surface area contributed by atoms with E-state index in [-0.39, 0.29) is 22.8 Å². The number of nitrogens with zero attached hydrogens (tertiary/aromatic N) is 3. The number of carbonyl (C=O) groups excluding carboxylic acids is 1. The zero-order chi connectivity index (χ0) is 19.4. The van der Waals surface area contributed by atoms with Crippen molar-refractivity contribution in [2.24, 2.45) is 0 Å². The normalized spacial score (nSPS) is 10.3. The van der Waals surface area contributed by atoms with Crippen LogP contribution in [0.4, 0.5) is 11.4 Å². The number of hydrogen-bond donors (Lipinski definition) is 1. The lowest BCUT2D eigenvalue weighted by Crippen LogP contribution is -2.26. The van der Waals surface area contributed by atoms with Crippen LogP contribution in [-0.2, 0) is 0 Å². The van der Waals surface area contributed by atoms with E-state index in [4.69, 9.17) is 4.74 Å². The van der Waals surface area contributed by atoms with Crippen molar-refractivity contribution in [3.63, 3.8) is 0 Å². The van der Waals surface area contributed by atoms with Crippen molar-refractivity contribution in [1.29, 1.82) is 0 Å². The Kier molecular flexibility index (Phi) is 4.93. The van der Waals surface area contributed by atoms with Gasteiger partial charge in [0.25, 0.3) is 17.2 Å². The van der Waals surface area contributed by atoms with Gasteiger partial charge in [0.1, 0.15) is 0 Å². The molecule has 0 aliphatic carbocycles. The van der Waals surface area contributed by atoms with Gasteiger partial charge in [0.15, 0.2) is 11.4 Å². The first kappa shape index (κ1) is 17.8. The summed E-state index contributed by atoms with van der Waals surface area (Å²) in [7, 11) is 1.31. The largest absolute Gasteiger partial charge is 0.494 e. The van der Waals surface area contributed by atoms with E-state index in [1.165, 1.54) is 31.4 Å². The highest BCUT2D eigenvalue weighted by atomic mass is 16.6. The molecule has 1 aromatic heterocycles. The Morgan fingerprint density at radius 3 is 2.56 bits per heavy atom. The third kappa shape index (κ3) is 3.82. The van der Waals surface area contributed by atoms with Crippen LogP contribution in [0.15, 0.2) is 65.5 Å². The van der Waals surface area contributed by atoms with Gasteiger partial charge < -0.3 is 10.1 Å². The fourth-order valence-electron chi connectivity index (χ4n) is 2.39. The minimum Gasteiger partial charge on any atom is -0.494 e. The molecule has 0 unspecified atom stereocenters. The number of non-ortho nitro benzene ring substituents is 1. The molecule has 1 N–H and O–H groups in total. The van der Waals surface area contributed by atoms with Gasteiger partial charge in [-0.25, -0.2) is 0 Å². The Hall–Kier alpha value is -4.01. The number of amides is 1. The lowest BCUT2D eigenvalue weighted by molar-refractivity contribution is -0.384. The summed E-state index contributed by atoms with van der Waals surface area (Å²) in [6, 6.07) is 15.2. The third-order valence-electron chi connectivity index (χ3n) is 3.65. The molecule has 136 valence electrons. The smallest absolute Gasteiger partial charge is 0.280 e. The molecule has 3 rings (SSSR count). The van der Waals surface area contributed by atoms with Crippen LogP contribution in [0.25, 0.3) is 5.69 Å². The van der Waals surface area contributed by atoms with E-state index in [2.05, 4.69) is 10.4 Å². The van der Waals surface area contributed by atoms with Crippen molar-refractivity contribution in [2.75, 3.05) is 12.4 Å². The zero-order valence-electron chi connectivity index (χ0n) is 14.2. The maximum Gasteiger partial charge on any atom is 0.280 e. The number of ether oxygens (including phenoxy) is 1. The molecule has 0 aliphatic heterocycles. The molecule has 2 aromatic carbocycles. The van der Waals surface area contributed by atoms with Crippen molar-refractivity contribution in [2.45, 2.75) is 0 Å². The summed E-state index contributed by atoms with van der Waals surface area (Å²) >= 11 is 0. The Morgan fingerprint density at radius 1 is 1.15 bits per heavy atom. The number of carbonyl (C=O) groups is 1. The highest BCUT2D eigenvalue weighted by Gasteiger charge is 2.19. The maximum atomic E-state index is 12.6. The average molecular weight is 366 g/mol. The number of methoxy groups -OCH3 is 1. The second-order valence-corrected chi connectivity index (χ2v) is 5.41. The molecule has 9 nitrogen and oxygen atoms in total. The first-order chi connectivity index (χ1) is 13.0. The predicted octanol–water partition coefficient (Wildman–Crippen LogP) is 2.40. The van der Waals surface area contributed by atoms with Gasteiger partial charge in [-0.3, -0.25) is 19.7 Å². The molecule has 0 fully saturated rings. The highest BCUT2D eigenvalue weighted by Crippen LogP contribution is 2.20. The first-order valence-electron chi connectivity index (χ1n) is 7.79. The fourth-order valence-corrected chi connectivity index (χ4v) is 2.39. The molecule has 0 radical (unpaired) electrons. The number of para-hydroxylation sites is 1. The lowest BCUT2D eigenvalue weighted by Gasteiger charge is -2.11. The minimum atomic E-state index is -0.669. The van der Waals surface area contributed by atoms with Crippen molar-refractivity contribution in [3.8, 4) is 11.4 Å². The van der Waals surface area contributed by atoms with E-state index in [9.17, 15) is 19.7 Å². The Morgan fingerprint density at radius 2 is 1.89 bits per heavy atom. The van der Waals surface area contributed by atoms with Crippen LogP contribution < -0.4 is 15.6 Å². The van der Waals surface area contributed by atoms with Crippen molar-refractivity contribution in [3.05, 3.63) is 86.8 Å². The Labute approximate surface area is 153 Å². The molecule has 0 saturated heterocycles. The van der Waals surface area contributed by atoms with Crippen LogP contribution in [-0.4, -0.2) is 27.7 Å². The summed E-state index contributed by atoms with van der Waals surface area (Å²) in [5.41, 5.74) is -0.0653. The van der Waals surface area contributed by atoms with Crippen LogP contribution in [0.5, 0.6) is 5.75 Å². The van der Waals surface area contributed by atoms with Gasteiger partial charge in [0.05, 0.1) is 23.8 Å². The van der Waals surface area contributed by atoms with Crippen LogP contribution in [0.1, 0.15) is 10.5 Å². The fraction of sp³-hybridized carbons (Fsp3) is 0.0556. The minimum absolute atomic E-state index is 0.00453. The van der Waals surface area contributed by atoms with Gasteiger partial charge in [0.2, 0.25) is 0 Å². The summed E-state index contributed by atoms with van der Waals surface area (Å²) in [5.74, 6) is -0.674.